The summed E-state index contributed by atoms with van der Waals surface area (Å²) < 4.78 is 0. The standard InChI is InChI=1S/C12H17ClN2O2/c1-5-12(3,4)14-10-7-9(13)11(15(16)17)6-8(10)2/h6-7,14H,5H2,1-4H3. The summed E-state index contributed by atoms with van der Waals surface area (Å²) in [5.41, 5.74) is 1.55. The highest BCUT2D eigenvalue weighted by Crippen LogP contribution is 2.32. The summed E-state index contributed by atoms with van der Waals surface area (Å²) in [6.07, 6.45) is 0.945. The Morgan fingerprint density at radius 1 is 1.47 bits per heavy atom. The molecule has 1 aromatic carbocycles. The maximum atomic E-state index is 10.7. The van der Waals surface area contributed by atoms with Crippen molar-refractivity contribution in [2.24, 2.45) is 0 Å². The van der Waals surface area contributed by atoms with Gasteiger partial charge in [0.1, 0.15) is 5.02 Å². The number of aryl methyl sites for hydroxylation is 1. The van der Waals surface area contributed by atoms with Gasteiger partial charge in [0.25, 0.3) is 5.69 Å². The highest BCUT2D eigenvalue weighted by atomic mass is 35.5. The van der Waals surface area contributed by atoms with Crippen LogP contribution in [0.25, 0.3) is 0 Å². The first-order chi connectivity index (χ1) is 7.76. The van der Waals surface area contributed by atoms with Crippen LogP contribution in [0, 0.1) is 17.0 Å². The predicted molar refractivity (Wildman–Crippen MR) is 70.8 cm³/mol. The maximum Gasteiger partial charge on any atom is 0.288 e. The van der Waals surface area contributed by atoms with Gasteiger partial charge in [-0.2, -0.15) is 0 Å². The normalized spacial score (nSPS) is 11.4. The molecule has 0 amide bonds. The van der Waals surface area contributed by atoms with Crippen molar-refractivity contribution in [3.63, 3.8) is 0 Å². The van der Waals surface area contributed by atoms with Crippen LogP contribution in [-0.4, -0.2) is 10.5 Å². The van der Waals surface area contributed by atoms with Gasteiger partial charge in [0.05, 0.1) is 4.92 Å². The molecule has 17 heavy (non-hydrogen) atoms. The van der Waals surface area contributed by atoms with Gasteiger partial charge in [0.2, 0.25) is 0 Å². The second-order valence-electron chi connectivity index (χ2n) is 4.74. The molecule has 0 saturated carbocycles. The summed E-state index contributed by atoms with van der Waals surface area (Å²) in [6, 6.07) is 3.11. The lowest BCUT2D eigenvalue weighted by Gasteiger charge is -2.27. The Morgan fingerprint density at radius 3 is 2.53 bits per heavy atom. The van der Waals surface area contributed by atoms with Crippen LogP contribution >= 0.6 is 11.6 Å². The molecule has 0 fully saturated rings. The molecule has 0 aliphatic rings. The summed E-state index contributed by atoms with van der Waals surface area (Å²) in [5.74, 6) is 0. The van der Waals surface area contributed by atoms with Crippen LogP contribution < -0.4 is 5.32 Å². The first kappa shape index (κ1) is 13.8. The Morgan fingerprint density at radius 2 is 2.06 bits per heavy atom. The van der Waals surface area contributed by atoms with Gasteiger partial charge >= 0.3 is 0 Å². The van der Waals surface area contributed by atoms with Crippen molar-refractivity contribution in [1.29, 1.82) is 0 Å². The van der Waals surface area contributed by atoms with E-state index in [0.29, 0.717) is 0 Å². The number of halogens is 1. The van der Waals surface area contributed by atoms with Gasteiger partial charge in [-0.25, -0.2) is 0 Å². The van der Waals surface area contributed by atoms with Gasteiger partial charge in [-0.1, -0.05) is 18.5 Å². The van der Waals surface area contributed by atoms with Crippen LogP contribution in [-0.2, 0) is 0 Å². The molecule has 1 rings (SSSR count). The minimum Gasteiger partial charge on any atom is -0.380 e. The first-order valence-corrected chi connectivity index (χ1v) is 5.87. The molecule has 0 spiro atoms. The van der Waals surface area contributed by atoms with Crippen LogP contribution in [0.15, 0.2) is 12.1 Å². The number of nitrogens with zero attached hydrogens (tertiary/aromatic N) is 1. The average molecular weight is 257 g/mol. The molecule has 0 heterocycles. The van der Waals surface area contributed by atoms with Crippen LogP contribution in [0.1, 0.15) is 32.8 Å². The Kier molecular flexibility index (Phi) is 3.98. The monoisotopic (exact) mass is 256 g/mol. The number of nitrogens with one attached hydrogen (secondary N) is 1. The Balaban J connectivity index is 3.12. The van der Waals surface area contributed by atoms with E-state index in [1.807, 2.05) is 6.92 Å². The second kappa shape index (κ2) is 4.92. The van der Waals surface area contributed by atoms with Crippen molar-refractivity contribution in [1.82, 2.24) is 0 Å². The topological polar surface area (TPSA) is 55.2 Å². The lowest BCUT2D eigenvalue weighted by Crippen LogP contribution is -2.30. The number of nitro benzene ring substituents is 1. The molecule has 0 aromatic heterocycles. The van der Waals surface area contributed by atoms with E-state index in [4.69, 9.17) is 11.6 Å². The van der Waals surface area contributed by atoms with Gasteiger partial charge < -0.3 is 5.32 Å². The molecule has 1 N–H and O–H groups in total. The van der Waals surface area contributed by atoms with E-state index >= 15 is 0 Å². The van der Waals surface area contributed by atoms with E-state index in [2.05, 4.69) is 26.1 Å². The lowest BCUT2D eigenvalue weighted by atomic mass is 10.0. The molecule has 5 heteroatoms. The van der Waals surface area contributed by atoms with Crippen LogP contribution in [0.2, 0.25) is 5.02 Å². The molecule has 4 nitrogen and oxygen atoms in total. The molecule has 0 aliphatic carbocycles. The molecular formula is C12H17ClN2O2. The molecule has 1 aromatic rings. The zero-order chi connectivity index (χ0) is 13.2. The summed E-state index contributed by atoms with van der Waals surface area (Å²) in [7, 11) is 0. The lowest BCUT2D eigenvalue weighted by molar-refractivity contribution is -0.384. The third-order valence-corrected chi connectivity index (χ3v) is 3.15. The molecule has 0 atom stereocenters. The maximum absolute atomic E-state index is 10.7. The molecule has 0 aliphatic heterocycles. The first-order valence-electron chi connectivity index (χ1n) is 5.49. The Bertz CT molecular complexity index is 444. The van der Waals surface area contributed by atoms with Gasteiger partial charge in [-0.05, 0) is 38.8 Å². The van der Waals surface area contributed by atoms with Crippen molar-refractivity contribution < 1.29 is 4.92 Å². The predicted octanol–water partition coefficient (Wildman–Crippen LogP) is 4.16. The van der Waals surface area contributed by atoms with E-state index in [1.54, 1.807) is 6.07 Å². The van der Waals surface area contributed by atoms with Crippen molar-refractivity contribution >= 4 is 23.0 Å². The number of nitro groups is 1. The van der Waals surface area contributed by atoms with Gasteiger partial charge in [0, 0.05) is 17.3 Å². The van der Waals surface area contributed by atoms with E-state index in [0.717, 1.165) is 17.7 Å². The molecule has 94 valence electrons. The summed E-state index contributed by atoms with van der Waals surface area (Å²) in [5, 5.41) is 14.2. The molecule has 0 radical (unpaired) electrons. The van der Waals surface area contributed by atoms with Crippen molar-refractivity contribution in [3.05, 3.63) is 32.8 Å². The van der Waals surface area contributed by atoms with Gasteiger partial charge in [0.15, 0.2) is 0 Å². The van der Waals surface area contributed by atoms with Crippen LogP contribution in [0.4, 0.5) is 11.4 Å². The van der Waals surface area contributed by atoms with Crippen LogP contribution in [0.3, 0.4) is 0 Å². The Labute approximate surface area is 106 Å². The van der Waals surface area contributed by atoms with Crippen LogP contribution in [0.5, 0.6) is 0 Å². The molecule has 0 saturated heterocycles. The van der Waals surface area contributed by atoms with E-state index in [9.17, 15) is 10.1 Å². The third kappa shape index (κ3) is 3.33. The minimum absolute atomic E-state index is 0.0518. The summed E-state index contributed by atoms with van der Waals surface area (Å²) >= 11 is 5.89. The minimum atomic E-state index is -0.468. The highest BCUT2D eigenvalue weighted by molar-refractivity contribution is 6.33. The number of hydrogen-bond donors (Lipinski definition) is 1. The third-order valence-electron chi connectivity index (χ3n) is 2.85. The highest BCUT2D eigenvalue weighted by Gasteiger charge is 2.19. The fourth-order valence-electron chi connectivity index (χ4n) is 1.39. The van der Waals surface area contributed by atoms with E-state index < -0.39 is 4.92 Å². The average Bonchev–Trinajstić information content (AvgIpc) is 2.22. The number of benzene rings is 1. The fourth-order valence-corrected chi connectivity index (χ4v) is 1.63. The summed E-state index contributed by atoms with van der Waals surface area (Å²) in [6.45, 7) is 8.05. The second-order valence-corrected chi connectivity index (χ2v) is 5.15. The number of rotatable bonds is 4. The smallest absolute Gasteiger partial charge is 0.288 e. The molecule has 0 unspecified atom stereocenters. The SMILES string of the molecule is CCC(C)(C)Nc1cc(Cl)c([N+](=O)[O-])cc1C. The van der Waals surface area contributed by atoms with Gasteiger partial charge in [-0.3, -0.25) is 10.1 Å². The zero-order valence-electron chi connectivity index (χ0n) is 10.5. The largest absolute Gasteiger partial charge is 0.380 e. The van der Waals surface area contributed by atoms with Gasteiger partial charge in [-0.15, -0.1) is 0 Å². The zero-order valence-corrected chi connectivity index (χ0v) is 11.3. The fraction of sp³-hybridized carbons (Fsp3) is 0.500. The Hall–Kier alpha value is -1.29. The van der Waals surface area contributed by atoms with Crippen molar-refractivity contribution in [2.75, 3.05) is 5.32 Å². The van der Waals surface area contributed by atoms with E-state index in [1.165, 1.54) is 6.07 Å². The number of anilines is 1. The summed E-state index contributed by atoms with van der Waals surface area (Å²) in [4.78, 5) is 10.3. The quantitative estimate of drug-likeness (QED) is 0.650. The van der Waals surface area contributed by atoms with Crippen molar-refractivity contribution in [2.45, 2.75) is 39.7 Å². The molecular weight excluding hydrogens is 240 g/mol. The number of hydrogen-bond acceptors (Lipinski definition) is 3. The van der Waals surface area contributed by atoms with Crippen molar-refractivity contribution in [3.8, 4) is 0 Å². The van der Waals surface area contributed by atoms with E-state index in [-0.39, 0.29) is 16.2 Å². The molecule has 0 bridgehead atoms.